The van der Waals surface area contributed by atoms with Gasteiger partial charge in [-0.25, -0.2) is 0 Å². The van der Waals surface area contributed by atoms with Crippen LogP contribution in [0.15, 0.2) is 48.5 Å². The lowest BCUT2D eigenvalue weighted by molar-refractivity contribution is -0.384. The zero-order valence-electron chi connectivity index (χ0n) is 15.0. The SMILES string of the molecule is O=C(c1ccccc1O)N1CCN(C(=S)SCc2ccc([N+](=O)[O-])cc2)CC1. The van der Waals surface area contributed by atoms with Crippen LogP contribution in [0.2, 0.25) is 0 Å². The number of benzene rings is 2. The predicted molar refractivity (Wildman–Crippen MR) is 113 cm³/mol. The molecule has 2 aromatic carbocycles. The third kappa shape index (κ3) is 4.79. The van der Waals surface area contributed by atoms with Gasteiger partial charge in [0.2, 0.25) is 0 Å². The zero-order chi connectivity index (χ0) is 20.1. The average molecular weight is 418 g/mol. The van der Waals surface area contributed by atoms with Gasteiger partial charge in [0.15, 0.2) is 0 Å². The van der Waals surface area contributed by atoms with Crippen molar-refractivity contribution in [2.75, 3.05) is 26.2 Å². The largest absolute Gasteiger partial charge is 0.507 e. The lowest BCUT2D eigenvalue weighted by Crippen LogP contribution is -2.49. The second kappa shape index (κ2) is 9.03. The summed E-state index contributed by atoms with van der Waals surface area (Å²) in [5, 5.41) is 20.6. The van der Waals surface area contributed by atoms with Crippen molar-refractivity contribution in [3.8, 4) is 5.75 Å². The number of carbonyl (C=O) groups is 1. The Morgan fingerprint density at radius 2 is 1.68 bits per heavy atom. The Bertz CT molecular complexity index is 881. The Morgan fingerprint density at radius 3 is 2.29 bits per heavy atom. The molecule has 0 spiro atoms. The van der Waals surface area contributed by atoms with Crippen LogP contribution >= 0.6 is 24.0 Å². The first kappa shape index (κ1) is 20.1. The van der Waals surface area contributed by atoms with E-state index in [2.05, 4.69) is 4.90 Å². The van der Waals surface area contributed by atoms with Crippen LogP contribution < -0.4 is 0 Å². The van der Waals surface area contributed by atoms with Gasteiger partial charge in [-0.05, 0) is 17.7 Å². The molecule has 1 amide bonds. The van der Waals surface area contributed by atoms with E-state index >= 15 is 0 Å². The predicted octanol–water partition coefficient (Wildman–Crippen LogP) is 3.28. The summed E-state index contributed by atoms with van der Waals surface area (Å²) in [6.45, 7) is 2.33. The number of nitro groups is 1. The molecule has 0 unspecified atom stereocenters. The van der Waals surface area contributed by atoms with Gasteiger partial charge in [0, 0.05) is 44.1 Å². The first-order valence-corrected chi connectivity index (χ1v) is 10.1. The Balaban J connectivity index is 1.49. The summed E-state index contributed by atoms with van der Waals surface area (Å²) in [7, 11) is 0. The summed E-state index contributed by atoms with van der Waals surface area (Å²) in [4.78, 5) is 26.6. The fourth-order valence-corrected chi connectivity index (χ4v) is 4.07. The van der Waals surface area contributed by atoms with Crippen molar-refractivity contribution < 1.29 is 14.8 Å². The van der Waals surface area contributed by atoms with E-state index in [0.717, 1.165) is 9.88 Å². The fourth-order valence-electron chi connectivity index (χ4n) is 2.87. The number of non-ortho nitro benzene ring substituents is 1. The number of thioether (sulfide) groups is 1. The summed E-state index contributed by atoms with van der Waals surface area (Å²) in [6, 6.07) is 13.0. The van der Waals surface area contributed by atoms with E-state index in [4.69, 9.17) is 12.2 Å². The van der Waals surface area contributed by atoms with Crippen LogP contribution in [0.1, 0.15) is 15.9 Å². The molecule has 0 radical (unpaired) electrons. The number of phenols is 1. The highest BCUT2D eigenvalue weighted by molar-refractivity contribution is 8.22. The molecule has 9 heteroatoms. The van der Waals surface area contributed by atoms with Crippen LogP contribution in [0.5, 0.6) is 5.75 Å². The summed E-state index contributed by atoms with van der Waals surface area (Å²) >= 11 is 7.00. The Labute approximate surface area is 172 Å². The first-order chi connectivity index (χ1) is 13.5. The van der Waals surface area contributed by atoms with Gasteiger partial charge in [0.25, 0.3) is 11.6 Å². The topological polar surface area (TPSA) is 86.9 Å². The van der Waals surface area contributed by atoms with E-state index < -0.39 is 4.92 Å². The van der Waals surface area contributed by atoms with Crippen LogP contribution in [0, 0.1) is 10.1 Å². The Hall–Kier alpha value is -2.65. The van der Waals surface area contributed by atoms with Gasteiger partial charge in [-0.15, -0.1) is 0 Å². The lowest BCUT2D eigenvalue weighted by Gasteiger charge is -2.36. The fraction of sp³-hybridized carbons (Fsp3) is 0.263. The number of phenolic OH excluding ortho intramolecular Hbond substituents is 1. The molecular weight excluding hydrogens is 398 g/mol. The van der Waals surface area contributed by atoms with Crippen molar-refractivity contribution in [1.29, 1.82) is 0 Å². The van der Waals surface area contributed by atoms with Gasteiger partial charge in [-0.1, -0.05) is 48.2 Å². The third-order valence-electron chi connectivity index (χ3n) is 4.47. The molecule has 1 N–H and O–H groups in total. The number of rotatable bonds is 4. The molecule has 0 aromatic heterocycles. The van der Waals surface area contributed by atoms with E-state index in [0.29, 0.717) is 37.5 Å². The molecule has 0 saturated carbocycles. The van der Waals surface area contributed by atoms with E-state index in [1.54, 1.807) is 35.2 Å². The number of nitro benzene ring substituents is 1. The molecule has 28 heavy (non-hydrogen) atoms. The van der Waals surface area contributed by atoms with Crippen LogP contribution in [-0.2, 0) is 5.75 Å². The lowest BCUT2D eigenvalue weighted by atomic mass is 10.1. The van der Waals surface area contributed by atoms with Gasteiger partial charge in [-0.3, -0.25) is 14.9 Å². The van der Waals surface area contributed by atoms with Crippen molar-refractivity contribution in [3.05, 3.63) is 69.8 Å². The number of hydrogen-bond donors (Lipinski definition) is 1. The summed E-state index contributed by atoms with van der Waals surface area (Å²) in [5.74, 6) is 0.444. The highest BCUT2D eigenvalue weighted by atomic mass is 32.2. The van der Waals surface area contributed by atoms with Crippen LogP contribution in [-0.4, -0.2) is 56.2 Å². The number of thiocarbonyl (C=S) groups is 1. The smallest absolute Gasteiger partial charge is 0.269 e. The quantitative estimate of drug-likeness (QED) is 0.464. The standard InChI is InChI=1S/C19H19N3O4S2/c23-17-4-2-1-3-16(17)18(24)20-9-11-21(12-10-20)19(27)28-13-14-5-7-15(8-6-14)22(25)26/h1-8,23H,9-13H2. The third-order valence-corrected chi connectivity index (χ3v) is 6.06. The normalized spacial score (nSPS) is 14.0. The van der Waals surface area contributed by atoms with Gasteiger partial charge < -0.3 is 14.9 Å². The molecule has 1 aliphatic rings. The molecule has 1 aliphatic heterocycles. The molecule has 0 atom stereocenters. The maximum Gasteiger partial charge on any atom is 0.269 e. The minimum atomic E-state index is -0.419. The average Bonchev–Trinajstić information content (AvgIpc) is 2.72. The maximum atomic E-state index is 12.5. The molecule has 146 valence electrons. The molecule has 3 rings (SSSR count). The molecule has 1 fully saturated rings. The Morgan fingerprint density at radius 1 is 1.07 bits per heavy atom. The number of para-hydroxylation sites is 1. The van der Waals surface area contributed by atoms with Crippen molar-refractivity contribution >= 4 is 39.9 Å². The molecule has 1 heterocycles. The van der Waals surface area contributed by atoms with Crippen molar-refractivity contribution in [2.45, 2.75) is 5.75 Å². The first-order valence-electron chi connectivity index (χ1n) is 8.68. The zero-order valence-corrected chi connectivity index (χ0v) is 16.6. The number of nitrogens with zero attached hydrogens (tertiary/aromatic N) is 3. The van der Waals surface area contributed by atoms with Crippen LogP contribution in [0.4, 0.5) is 5.69 Å². The molecule has 2 aromatic rings. The second-order valence-corrected chi connectivity index (χ2v) is 7.88. The highest BCUT2D eigenvalue weighted by Gasteiger charge is 2.24. The monoisotopic (exact) mass is 417 g/mol. The highest BCUT2D eigenvalue weighted by Crippen LogP contribution is 2.22. The summed E-state index contributed by atoms with van der Waals surface area (Å²) in [5.41, 5.74) is 1.35. The molecule has 0 aliphatic carbocycles. The van der Waals surface area contributed by atoms with Crippen molar-refractivity contribution in [2.24, 2.45) is 0 Å². The second-order valence-electron chi connectivity index (χ2n) is 6.27. The summed E-state index contributed by atoms with van der Waals surface area (Å²) < 4.78 is 0.744. The minimum Gasteiger partial charge on any atom is -0.507 e. The Kier molecular flexibility index (Phi) is 6.48. The number of amides is 1. The molecule has 1 saturated heterocycles. The van der Waals surface area contributed by atoms with Gasteiger partial charge in [0.05, 0.1) is 10.5 Å². The minimum absolute atomic E-state index is 0.0101. The van der Waals surface area contributed by atoms with Gasteiger partial charge in [-0.2, -0.15) is 0 Å². The van der Waals surface area contributed by atoms with Gasteiger partial charge in [0.1, 0.15) is 10.1 Å². The van der Waals surface area contributed by atoms with Gasteiger partial charge >= 0.3 is 0 Å². The van der Waals surface area contributed by atoms with E-state index in [1.807, 2.05) is 0 Å². The maximum absolute atomic E-state index is 12.5. The van der Waals surface area contributed by atoms with Crippen LogP contribution in [0.25, 0.3) is 0 Å². The van der Waals surface area contributed by atoms with E-state index in [9.17, 15) is 20.0 Å². The van der Waals surface area contributed by atoms with Crippen molar-refractivity contribution in [1.82, 2.24) is 9.80 Å². The van der Waals surface area contributed by atoms with Crippen LogP contribution in [0.3, 0.4) is 0 Å². The number of piperazine rings is 1. The number of carbonyl (C=O) groups excluding carboxylic acids is 1. The van der Waals surface area contributed by atoms with Crippen molar-refractivity contribution in [3.63, 3.8) is 0 Å². The number of aromatic hydroxyl groups is 1. The molecule has 7 nitrogen and oxygen atoms in total. The number of hydrogen-bond acceptors (Lipinski definition) is 6. The molecular formula is C19H19N3O4S2. The summed E-state index contributed by atoms with van der Waals surface area (Å²) in [6.07, 6.45) is 0. The molecule has 0 bridgehead atoms. The van der Waals surface area contributed by atoms with E-state index in [1.165, 1.54) is 30.0 Å². The van der Waals surface area contributed by atoms with E-state index in [-0.39, 0.29) is 17.3 Å².